The van der Waals surface area contributed by atoms with Gasteiger partial charge in [-0.3, -0.25) is 4.79 Å². The van der Waals surface area contributed by atoms with Crippen LogP contribution in [0.3, 0.4) is 0 Å². The molecule has 0 saturated carbocycles. The number of amides is 1. The molecule has 3 heterocycles. The largest absolute Gasteiger partial charge is 0.493 e. The van der Waals surface area contributed by atoms with E-state index < -0.39 is 29.8 Å². The van der Waals surface area contributed by atoms with Gasteiger partial charge in [0.1, 0.15) is 16.6 Å². The van der Waals surface area contributed by atoms with Crippen molar-refractivity contribution in [1.82, 2.24) is 20.3 Å². The Balaban J connectivity index is 1.57. The summed E-state index contributed by atoms with van der Waals surface area (Å²) in [6, 6.07) is 2.07. The number of aromatic nitrogens is 3. The summed E-state index contributed by atoms with van der Waals surface area (Å²) in [4.78, 5) is 24.8. The summed E-state index contributed by atoms with van der Waals surface area (Å²) in [5.41, 5.74) is 0.106. The number of hydrogen-bond donors (Lipinski definition) is 1. The minimum atomic E-state index is -4.68. The molecule has 12 heteroatoms. The fraction of sp³-hybridized carbons (Fsp3) is 0.417. The van der Waals surface area contributed by atoms with Crippen LogP contribution in [0.4, 0.5) is 17.6 Å². The SMILES string of the molecule is Cc1cnc(-c2cc(OCC3CCOCC3)cc(C(=O)N[C@H](C)c3cnc(C(F)(F)F)nc3)c2F)s1. The molecule has 1 aliphatic heterocycles. The maximum Gasteiger partial charge on any atom is 0.451 e. The van der Waals surface area contributed by atoms with E-state index in [0.29, 0.717) is 30.6 Å². The molecule has 1 amide bonds. The Labute approximate surface area is 208 Å². The minimum Gasteiger partial charge on any atom is -0.493 e. The molecule has 1 fully saturated rings. The number of hydrogen-bond acceptors (Lipinski definition) is 7. The molecule has 1 aromatic carbocycles. The molecule has 0 unspecified atom stereocenters. The predicted molar refractivity (Wildman–Crippen MR) is 124 cm³/mol. The van der Waals surface area contributed by atoms with Crippen LogP contribution < -0.4 is 10.1 Å². The molecular formula is C24H24F4N4O3S. The van der Waals surface area contributed by atoms with Crippen molar-refractivity contribution in [3.8, 4) is 16.3 Å². The Kier molecular flexibility index (Phi) is 7.84. The molecule has 7 nitrogen and oxygen atoms in total. The van der Waals surface area contributed by atoms with Gasteiger partial charge in [-0.1, -0.05) is 0 Å². The van der Waals surface area contributed by atoms with E-state index in [4.69, 9.17) is 9.47 Å². The molecule has 0 bridgehead atoms. The van der Waals surface area contributed by atoms with Crippen molar-refractivity contribution in [3.05, 3.63) is 58.4 Å². The first-order chi connectivity index (χ1) is 17.1. The number of rotatable bonds is 7. The summed E-state index contributed by atoms with van der Waals surface area (Å²) in [5, 5.41) is 3.00. The number of nitrogens with one attached hydrogen (secondary N) is 1. The highest BCUT2D eigenvalue weighted by molar-refractivity contribution is 7.14. The summed E-state index contributed by atoms with van der Waals surface area (Å²) >= 11 is 1.28. The molecular weight excluding hydrogens is 500 g/mol. The Morgan fingerprint density at radius 3 is 2.50 bits per heavy atom. The highest BCUT2D eigenvalue weighted by Crippen LogP contribution is 2.33. The molecule has 2 aromatic heterocycles. The first-order valence-corrected chi connectivity index (χ1v) is 12.1. The highest BCUT2D eigenvalue weighted by atomic mass is 32.1. The van der Waals surface area contributed by atoms with Crippen LogP contribution in [0.2, 0.25) is 0 Å². The summed E-state index contributed by atoms with van der Waals surface area (Å²) < 4.78 is 65.0. The lowest BCUT2D eigenvalue weighted by Gasteiger charge is -2.22. The smallest absolute Gasteiger partial charge is 0.451 e. The second-order valence-corrected chi connectivity index (χ2v) is 9.74. The molecule has 3 aromatic rings. The first kappa shape index (κ1) is 26.0. The number of nitrogens with zero attached hydrogens (tertiary/aromatic N) is 3. The Bertz CT molecular complexity index is 1210. The number of benzene rings is 1. The molecule has 1 saturated heterocycles. The van der Waals surface area contributed by atoms with Crippen LogP contribution in [0.25, 0.3) is 10.6 Å². The number of thiazole rings is 1. The van der Waals surface area contributed by atoms with E-state index in [1.807, 2.05) is 6.92 Å². The van der Waals surface area contributed by atoms with Crippen molar-refractivity contribution < 1.29 is 31.8 Å². The number of aryl methyl sites for hydroxylation is 1. The first-order valence-electron chi connectivity index (χ1n) is 11.3. The molecule has 1 aliphatic rings. The van der Waals surface area contributed by atoms with Gasteiger partial charge in [-0.05, 0) is 44.7 Å². The molecule has 4 rings (SSSR count). The average molecular weight is 525 g/mol. The van der Waals surface area contributed by atoms with Crippen LogP contribution in [-0.2, 0) is 10.9 Å². The summed E-state index contributed by atoms with van der Waals surface area (Å²) in [6.45, 7) is 5.08. The second kappa shape index (κ2) is 10.9. The molecule has 0 spiro atoms. The van der Waals surface area contributed by atoms with Crippen LogP contribution in [0.1, 0.15) is 52.4 Å². The standard InChI is InChI=1S/C24H24F4N4O3S/c1-13-9-29-22(36-13)19-8-17(35-12-15-3-5-34-6-4-15)7-18(20(19)25)21(33)32-14(2)16-10-30-23(31-11-16)24(26,27)28/h7-11,14-15H,3-6,12H2,1-2H3,(H,32,33)/t14-/m1/s1. The molecule has 0 aliphatic carbocycles. The topological polar surface area (TPSA) is 86.2 Å². The van der Waals surface area contributed by atoms with Crippen molar-refractivity contribution in [2.75, 3.05) is 19.8 Å². The number of carbonyl (C=O) groups excluding carboxylic acids is 1. The van der Waals surface area contributed by atoms with Crippen LogP contribution in [0.5, 0.6) is 5.75 Å². The lowest BCUT2D eigenvalue weighted by Crippen LogP contribution is -2.28. The number of alkyl halides is 3. The van der Waals surface area contributed by atoms with Crippen molar-refractivity contribution >= 4 is 17.2 Å². The third-order valence-electron chi connectivity index (χ3n) is 5.74. The van der Waals surface area contributed by atoms with Gasteiger partial charge in [0.15, 0.2) is 0 Å². The zero-order valence-electron chi connectivity index (χ0n) is 19.6. The van der Waals surface area contributed by atoms with Gasteiger partial charge in [-0.15, -0.1) is 11.3 Å². The summed E-state index contributed by atoms with van der Waals surface area (Å²) in [5.74, 6) is -2.21. The Morgan fingerprint density at radius 1 is 1.19 bits per heavy atom. The van der Waals surface area contributed by atoms with Gasteiger partial charge >= 0.3 is 6.18 Å². The Morgan fingerprint density at radius 2 is 1.89 bits per heavy atom. The van der Waals surface area contributed by atoms with Crippen molar-refractivity contribution in [3.63, 3.8) is 0 Å². The summed E-state index contributed by atoms with van der Waals surface area (Å²) in [7, 11) is 0. The number of ether oxygens (including phenoxy) is 2. The van der Waals surface area contributed by atoms with E-state index in [1.165, 1.54) is 23.5 Å². The van der Waals surface area contributed by atoms with Gasteiger partial charge in [-0.2, -0.15) is 13.2 Å². The maximum atomic E-state index is 15.5. The number of carbonyl (C=O) groups is 1. The van der Waals surface area contributed by atoms with Crippen LogP contribution in [0, 0.1) is 18.7 Å². The molecule has 1 atom stereocenters. The minimum absolute atomic E-state index is 0.133. The predicted octanol–water partition coefficient (Wildman–Crippen LogP) is 5.36. The average Bonchev–Trinajstić information content (AvgIpc) is 3.29. The van der Waals surface area contributed by atoms with Crippen LogP contribution in [0.15, 0.2) is 30.7 Å². The normalized spacial score (nSPS) is 15.5. The van der Waals surface area contributed by atoms with Crippen molar-refractivity contribution in [1.29, 1.82) is 0 Å². The number of halogens is 4. The lowest BCUT2D eigenvalue weighted by molar-refractivity contribution is -0.145. The van der Waals surface area contributed by atoms with Gasteiger partial charge in [0.2, 0.25) is 5.82 Å². The zero-order chi connectivity index (χ0) is 25.9. The van der Waals surface area contributed by atoms with Gasteiger partial charge in [-0.25, -0.2) is 19.3 Å². The van der Waals surface area contributed by atoms with E-state index in [9.17, 15) is 18.0 Å². The summed E-state index contributed by atoms with van der Waals surface area (Å²) in [6.07, 6.45) is 0.591. The molecule has 1 N–H and O–H groups in total. The zero-order valence-corrected chi connectivity index (χ0v) is 20.4. The monoisotopic (exact) mass is 524 g/mol. The van der Waals surface area contributed by atoms with Crippen molar-refractivity contribution in [2.45, 2.75) is 38.9 Å². The fourth-order valence-corrected chi connectivity index (χ4v) is 4.45. The van der Waals surface area contributed by atoms with Gasteiger partial charge < -0.3 is 14.8 Å². The van der Waals surface area contributed by atoms with E-state index in [0.717, 1.165) is 30.1 Å². The van der Waals surface area contributed by atoms with E-state index >= 15 is 4.39 Å². The molecule has 0 radical (unpaired) electrons. The fourth-order valence-electron chi connectivity index (χ4n) is 3.67. The quantitative estimate of drug-likeness (QED) is 0.419. The van der Waals surface area contributed by atoms with E-state index in [1.54, 1.807) is 13.1 Å². The van der Waals surface area contributed by atoms with E-state index in [-0.39, 0.29) is 22.6 Å². The van der Waals surface area contributed by atoms with Crippen molar-refractivity contribution in [2.24, 2.45) is 5.92 Å². The third-order valence-corrected chi connectivity index (χ3v) is 6.69. The third kappa shape index (κ3) is 6.16. The van der Waals surface area contributed by atoms with Gasteiger partial charge in [0.25, 0.3) is 5.91 Å². The maximum absolute atomic E-state index is 15.5. The highest BCUT2D eigenvalue weighted by Gasteiger charge is 2.34. The van der Waals surface area contributed by atoms with Gasteiger partial charge in [0.05, 0.1) is 23.8 Å². The van der Waals surface area contributed by atoms with Gasteiger partial charge in [0, 0.05) is 42.2 Å². The lowest BCUT2D eigenvalue weighted by atomic mass is 10.0. The van der Waals surface area contributed by atoms with Crippen LogP contribution >= 0.6 is 11.3 Å². The van der Waals surface area contributed by atoms with Crippen LogP contribution in [-0.4, -0.2) is 40.7 Å². The second-order valence-electron chi connectivity index (χ2n) is 8.51. The Hall–Kier alpha value is -3.12. The molecule has 36 heavy (non-hydrogen) atoms. The molecule has 192 valence electrons. The van der Waals surface area contributed by atoms with E-state index in [2.05, 4.69) is 20.3 Å².